The molecule has 2 unspecified atom stereocenters. The predicted molar refractivity (Wildman–Crippen MR) is 111 cm³/mol. The van der Waals surface area contributed by atoms with Gasteiger partial charge >= 0.3 is 12.4 Å². The second kappa shape index (κ2) is 10.3. The van der Waals surface area contributed by atoms with E-state index < -0.39 is 29.6 Å². The van der Waals surface area contributed by atoms with E-state index in [4.69, 9.17) is 4.74 Å². The fourth-order valence-electron chi connectivity index (χ4n) is 4.12. The molecule has 10 heteroatoms. The van der Waals surface area contributed by atoms with Crippen LogP contribution in [0.3, 0.4) is 0 Å². The van der Waals surface area contributed by atoms with E-state index in [0.717, 1.165) is 24.1 Å². The van der Waals surface area contributed by atoms with Crippen molar-refractivity contribution in [3.05, 3.63) is 64.7 Å². The fraction of sp³-hybridized carbons (Fsp3) is 0.478. The van der Waals surface area contributed by atoms with E-state index in [1.807, 2.05) is 17.0 Å². The first-order valence-corrected chi connectivity index (χ1v) is 10.5. The Hall–Kier alpha value is -2.30. The molecule has 0 aliphatic carbocycles. The molecule has 2 N–H and O–H groups in total. The van der Waals surface area contributed by atoms with Crippen molar-refractivity contribution in [3.8, 4) is 5.75 Å². The van der Waals surface area contributed by atoms with Gasteiger partial charge in [-0.25, -0.2) is 0 Å². The number of methoxy groups -OCH3 is 1. The molecule has 0 radical (unpaired) electrons. The number of alkyl halides is 6. The second-order valence-electron chi connectivity index (χ2n) is 8.09. The number of aliphatic hydroxyl groups is 1. The molecule has 182 valence electrons. The maximum absolute atomic E-state index is 13.1. The molecule has 1 fully saturated rings. The van der Waals surface area contributed by atoms with E-state index in [1.54, 1.807) is 12.1 Å². The molecule has 1 heterocycles. The molecule has 2 aromatic rings. The smallest absolute Gasteiger partial charge is 0.416 e. The summed E-state index contributed by atoms with van der Waals surface area (Å²) in [5.41, 5.74) is -1.97. The third kappa shape index (κ3) is 6.61. The van der Waals surface area contributed by atoms with Crippen molar-refractivity contribution in [1.82, 2.24) is 10.2 Å². The lowest BCUT2D eigenvalue weighted by atomic mass is 9.99. The molecule has 0 saturated carbocycles. The molecule has 1 saturated heterocycles. The van der Waals surface area contributed by atoms with Gasteiger partial charge in [-0.15, -0.1) is 0 Å². The Balaban J connectivity index is 1.83. The SMILES string of the molecule is COc1ccccc1C(CNCc1cc(C(F)(F)F)cc(C(F)(F)F)c1)N1CCCC(O)C1. The normalized spacial score (nSPS) is 18.8. The summed E-state index contributed by atoms with van der Waals surface area (Å²) in [5.74, 6) is 0.614. The monoisotopic (exact) mass is 476 g/mol. The maximum Gasteiger partial charge on any atom is 0.416 e. The topological polar surface area (TPSA) is 44.7 Å². The summed E-state index contributed by atoms with van der Waals surface area (Å²) in [6.07, 6.45) is -8.84. The Bertz CT molecular complexity index is 900. The van der Waals surface area contributed by atoms with Crippen LogP contribution in [0.15, 0.2) is 42.5 Å². The molecule has 3 rings (SSSR count). The summed E-state index contributed by atoms with van der Waals surface area (Å²) in [6.45, 7) is 1.16. The van der Waals surface area contributed by atoms with Gasteiger partial charge in [0.05, 0.1) is 30.4 Å². The summed E-state index contributed by atoms with van der Waals surface area (Å²) in [6, 6.07) is 8.56. The van der Waals surface area contributed by atoms with Crippen LogP contribution in [0.4, 0.5) is 26.3 Å². The number of hydrogen-bond donors (Lipinski definition) is 2. The number of hydrogen-bond acceptors (Lipinski definition) is 4. The number of ether oxygens (including phenoxy) is 1. The van der Waals surface area contributed by atoms with Crippen LogP contribution in [0.2, 0.25) is 0 Å². The number of para-hydroxylation sites is 1. The van der Waals surface area contributed by atoms with E-state index >= 15 is 0 Å². The second-order valence-corrected chi connectivity index (χ2v) is 8.09. The third-order valence-electron chi connectivity index (χ3n) is 5.68. The zero-order chi connectivity index (χ0) is 24.2. The lowest BCUT2D eigenvalue weighted by Gasteiger charge is -2.37. The van der Waals surface area contributed by atoms with Crippen LogP contribution in [0.5, 0.6) is 5.75 Å². The van der Waals surface area contributed by atoms with Gasteiger partial charge in [0.1, 0.15) is 5.75 Å². The molecule has 2 aromatic carbocycles. The van der Waals surface area contributed by atoms with E-state index in [-0.39, 0.29) is 30.8 Å². The fourth-order valence-corrected chi connectivity index (χ4v) is 4.12. The van der Waals surface area contributed by atoms with Gasteiger partial charge in [0.2, 0.25) is 0 Å². The highest BCUT2D eigenvalue weighted by atomic mass is 19.4. The molecule has 2 atom stereocenters. The molecule has 0 spiro atoms. The predicted octanol–water partition coefficient (Wildman–Crippen LogP) is 5.02. The highest BCUT2D eigenvalue weighted by Gasteiger charge is 2.37. The van der Waals surface area contributed by atoms with Crippen molar-refractivity contribution >= 4 is 0 Å². The first kappa shape index (κ1) is 25.3. The summed E-state index contributed by atoms with van der Waals surface area (Å²) >= 11 is 0. The van der Waals surface area contributed by atoms with Crippen molar-refractivity contribution in [1.29, 1.82) is 0 Å². The van der Waals surface area contributed by atoms with Crippen molar-refractivity contribution in [2.75, 3.05) is 26.7 Å². The van der Waals surface area contributed by atoms with Crippen LogP contribution in [-0.2, 0) is 18.9 Å². The minimum absolute atomic E-state index is 0.116. The number of piperidine rings is 1. The lowest BCUT2D eigenvalue weighted by molar-refractivity contribution is -0.143. The van der Waals surface area contributed by atoms with Crippen LogP contribution in [0.1, 0.15) is 41.1 Å². The van der Waals surface area contributed by atoms with Gasteiger partial charge in [-0.1, -0.05) is 18.2 Å². The quantitative estimate of drug-likeness (QED) is 0.551. The molecule has 1 aliphatic rings. The van der Waals surface area contributed by atoms with Crippen LogP contribution < -0.4 is 10.1 Å². The molecular weight excluding hydrogens is 450 g/mol. The number of β-amino-alcohol motifs (C(OH)–C–C–N with tert-alkyl or cyclic N) is 1. The van der Waals surface area contributed by atoms with Crippen molar-refractivity contribution < 1.29 is 36.2 Å². The van der Waals surface area contributed by atoms with Crippen LogP contribution >= 0.6 is 0 Å². The average Bonchev–Trinajstić information content (AvgIpc) is 2.75. The first-order valence-electron chi connectivity index (χ1n) is 10.5. The molecule has 0 bridgehead atoms. The number of nitrogens with one attached hydrogen (secondary N) is 1. The van der Waals surface area contributed by atoms with Gasteiger partial charge in [-0.05, 0) is 49.2 Å². The number of likely N-dealkylation sites (tertiary alicyclic amines) is 1. The zero-order valence-corrected chi connectivity index (χ0v) is 18.0. The standard InChI is InChI=1S/C23H26F6N2O2/c1-33-21-7-3-2-6-19(21)20(31-8-4-5-18(32)14-31)13-30-12-15-9-16(22(24,25)26)11-17(10-15)23(27,28)29/h2-3,6-7,9-11,18,20,30,32H,4-5,8,12-14H2,1H3. The molecular formula is C23H26F6N2O2. The van der Waals surface area contributed by atoms with Gasteiger partial charge in [0.25, 0.3) is 0 Å². The number of rotatable bonds is 7. The van der Waals surface area contributed by atoms with E-state index in [9.17, 15) is 31.4 Å². The molecule has 0 amide bonds. The molecule has 33 heavy (non-hydrogen) atoms. The number of nitrogens with zero attached hydrogens (tertiary/aromatic N) is 1. The Labute approximate surface area is 188 Å². The molecule has 1 aliphatic heterocycles. The minimum atomic E-state index is -4.89. The van der Waals surface area contributed by atoms with Gasteiger partial charge in [-0.2, -0.15) is 26.3 Å². The van der Waals surface area contributed by atoms with Gasteiger partial charge < -0.3 is 15.2 Å². The van der Waals surface area contributed by atoms with Crippen LogP contribution in [0, 0.1) is 0 Å². The average molecular weight is 476 g/mol. The summed E-state index contributed by atoms with van der Waals surface area (Å²) in [5, 5.41) is 13.1. The van der Waals surface area contributed by atoms with Crippen molar-refractivity contribution in [3.63, 3.8) is 0 Å². The van der Waals surface area contributed by atoms with Crippen LogP contribution in [-0.4, -0.2) is 42.9 Å². The number of halogens is 6. The number of aliphatic hydroxyl groups excluding tert-OH is 1. The van der Waals surface area contributed by atoms with Gasteiger partial charge in [-0.3, -0.25) is 4.90 Å². The zero-order valence-electron chi connectivity index (χ0n) is 18.0. The molecule has 0 aromatic heterocycles. The Morgan fingerprint density at radius 1 is 1.06 bits per heavy atom. The lowest BCUT2D eigenvalue weighted by Crippen LogP contribution is -2.44. The summed E-state index contributed by atoms with van der Waals surface area (Å²) < 4.78 is 84.3. The Morgan fingerprint density at radius 2 is 1.70 bits per heavy atom. The third-order valence-corrected chi connectivity index (χ3v) is 5.68. The summed E-state index contributed by atoms with van der Waals surface area (Å²) in [4.78, 5) is 2.05. The van der Waals surface area contributed by atoms with Crippen molar-refractivity contribution in [2.45, 2.75) is 43.9 Å². The first-order chi connectivity index (χ1) is 15.5. The van der Waals surface area contributed by atoms with E-state index in [0.29, 0.717) is 25.3 Å². The highest BCUT2D eigenvalue weighted by Crippen LogP contribution is 2.36. The van der Waals surface area contributed by atoms with E-state index in [1.165, 1.54) is 7.11 Å². The Morgan fingerprint density at radius 3 is 2.27 bits per heavy atom. The number of benzene rings is 2. The largest absolute Gasteiger partial charge is 0.496 e. The van der Waals surface area contributed by atoms with Crippen LogP contribution in [0.25, 0.3) is 0 Å². The minimum Gasteiger partial charge on any atom is -0.496 e. The Kier molecular flexibility index (Phi) is 7.92. The maximum atomic E-state index is 13.1. The van der Waals surface area contributed by atoms with Gasteiger partial charge in [0, 0.05) is 25.2 Å². The highest BCUT2D eigenvalue weighted by molar-refractivity contribution is 5.37. The molecule has 4 nitrogen and oxygen atoms in total. The van der Waals surface area contributed by atoms with E-state index in [2.05, 4.69) is 5.32 Å². The summed E-state index contributed by atoms with van der Waals surface area (Å²) in [7, 11) is 1.52. The van der Waals surface area contributed by atoms with Gasteiger partial charge in [0.15, 0.2) is 0 Å². The van der Waals surface area contributed by atoms with Crippen molar-refractivity contribution in [2.24, 2.45) is 0 Å².